The first-order valence-corrected chi connectivity index (χ1v) is 8.95. The van der Waals surface area contributed by atoms with E-state index in [-0.39, 0.29) is 6.03 Å². The molecule has 28 heavy (non-hydrogen) atoms. The van der Waals surface area contributed by atoms with Gasteiger partial charge in [-0.25, -0.2) is 4.79 Å². The number of benzene rings is 2. The minimum Gasteiger partial charge on any atom is -0.493 e. The monoisotopic (exact) mass is 388 g/mol. The molecule has 0 aromatic heterocycles. The molecule has 0 aliphatic rings. The van der Waals surface area contributed by atoms with E-state index < -0.39 is 0 Å². The van der Waals surface area contributed by atoms with Crippen LogP contribution in [0.5, 0.6) is 23.0 Å². The van der Waals surface area contributed by atoms with Crippen molar-refractivity contribution in [1.29, 1.82) is 0 Å². The summed E-state index contributed by atoms with van der Waals surface area (Å²) in [6.07, 6.45) is 0. The number of methoxy groups -OCH3 is 3. The number of urea groups is 1. The number of carbonyl (C=O) groups is 1. The fourth-order valence-corrected chi connectivity index (χ4v) is 2.79. The van der Waals surface area contributed by atoms with E-state index in [1.807, 2.05) is 26.8 Å². The standard InChI is InChI=1S/C21H28N2O5/c1-13-7-8-14(2)19(15(13)3)28-10-9-22-21(24)23-16-11-17(25-4)20(27-6)18(12-16)26-5/h7-8,11-12H,9-10H2,1-6H3,(H2,22,23,24). The molecule has 0 unspecified atom stereocenters. The van der Waals surface area contributed by atoms with Crippen molar-refractivity contribution in [2.24, 2.45) is 0 Å². The lowest BCUT2D eigenvalue weighted by Gasteiger charge is -2.16. The summed E-state index contributed by atoms with van der Waals surface area (Å²) in [5.41, 5.74) is 3.89. The average Bonchev–Trinajstić information content (AvgIpc) is 2.69. The Labute approximate surface area is 165 Å². The predicted molar refractivity (Wildman–Crippen MR) is 109 cm³/mol. The molecule has 2 rings (SSSR count). The summed E-state index contributed by atoms with van der Waals surface area (Å²) in [7, 11) is 4.57. The number of ether oxygens (including phenoxy) is 4. The van der Waals surface area contributed by atoms with Crippen LogP contribution in [0.4, 0.5) is 10.5 Å². The van der Waals surface area contributed by atoms with Gasteiger partial charge in [-0.05, 0) is 37.5 Å². The Balaban J connectivity index is 1.92. The molecule has 0 aliphatic carbocycles. The highest BCUT2D eigenvalue weighted by molar-refractivity contribution is 5.90. The summed E-state index contributed by atoms with van der Waals surface area (Å²) in [4.78, 5) is 12.2. The first-order valence-electron chi connectivity index (χ1n) is 8.95. The molecule has 0 saturated carbocycles. The Morgan fingerprint density at radius 3 is 2.07 bits per heavy atom. The number of anilines is 1. The van der Waals surface area contributed by atoms with Crippen LogP contribution in [-0.4, -0.2) is 40.5 Å². The van der Waals surface area contributed by atoms with Crippen LogP contribution in [0.2, 0.25) is 0 Å². The van der Waals surface area contributed by atoms with Gasteiger partial charge in [0.05, 0.1) is 33.6 Å². The highest BCUT2D eigenvalue weighted by Crippen LogP contribution is 2.39. The van der Waals surface area contributed by atoms with Gasteiger partial charge in [-0.15, -0.1) is 0 Å². The third kappa shape index (κ3) is 5.00. The highest BCUT2D eigenvalue weighted by atomic mass is 16.5. The second-order valence-electron chi connectivity index (χ2n) is 6.30. The smallest absolute Gasteiger partial charge is 0.319 e. The molecule has 0 heterocycles. The summed E-state index contributed by atoms with van der Waals surface area (Å²) >= 11 is 0. The molecular weight excluding hydrogens is 360 g/mol. The Morgan fingerprint density at radius 1 is 0.893 bits per heavy atom. The molecule has 2 aromatic carbocycles. The molecule has 152 valence electrons. The van der Waals surface area contributed by atoms with Crippen molar-refractivity contribution in [1.82, 2.24) is 5.32 Å². The van der Waals surface area contributed by atoms with Gasteiger partial charge in [0.1, 0.15) is 12.4 Å². The van der Waals surface area contributed by atoms with Gasteiger partial charge >= 0.3 is 6.03 Å². The van der Waals surface area contributed by atoms with Gasteiger partial charge < -0.3 is 29.6 Å². The van der Waals surface area contributed by atoms with Crippen molar-refractivity contribution < 1.29 is 23.7 Å². The third-order valence-electron chi connectivity index (χ3n) is 4.43. The van der Waals surface area contributed by atoms with Gasteiger partial charge in [0.2, 0.25) is 5.75 Å². The van der Waals surface area contributed by atoms with Gasteiger partial charge in [-0.1, -0.05) is 12.1 Å². The molecule has 0 radical (unpaired) electrons. The van der Waals surface area contributed by atoms with Crippen LogP contribution in [0.3, 0.4) is 0 Å². The summed E-state index contributed by atoms with van der Waals surface area (Å²) < 4.78 is 21.7. The Morgan fingerprint density at radius 2 is 1.50 bits per heavy atom. The molecule has 7 nitrogen and oxygen atoms in total. The third-order valence-corrected chi connectivity index (χ3v) is 4.43. The molecule has 0 spiro atoms. The van der Waals surface area contributed by atoms with Crippen molar-refractivity contribution in [2.45, 2.75) is 20.8 Å². The number of hydrogen-bond acceptors (Lipinski definition) is 5. The summed E-state index contributed by atoms with van der Waals surface area (Å²) in [5, 5.41) is 5.52. The number of amides is 2. The molecule has 0 fully saturated rings. The summed E-state index contributed by atoms with van der Waals surface area (Å²) in [5.74, 6) is 2.26. The fourth-order valence-electron chi connectivity index (χ4n) is 2.79. The molecule has 2 amide bonds. The van der Waals surface area contributed by atoms with E-state index in [0.29, 0.717) is 36.1 Å². The maximum absolute atomic E-state index is 12.2. The zero-order valence-electron chi connectivity index (χ0n) is 17.3. The lowest BCUT2D eigenvalue weighted by Crippen LogP contribution is -2.32. The first kappa shape index (κ1) is 21.2. The number of rotatable bonds is 8. The van der Waals surface area contributed by atoms with Crippen molar-refractivity contribution in [3.05, 3.63) is 41.0 Å². The molecule has 2 aromatic rings. The SMILES string of the molecule is COc1cc(NC(=O)NCCOc2c(C)ccc(C)c2C)cc(OC)c1OC. The van der Waals surface area contributed by atoms with E-state index in [9.17, 15) is 4.79 Å². The fraction of sp³-hybridized carbons (Fsp3) is 0.381. The van der Waals surface area contributed by atoms with Crippen molar-refractivity contribution in [2.75, 3.05) is 39.8 Å². The van der Waals surface area contributed by atoms with Crippen LogP contribution in [-0.2, 0) is 0 Å². The van der Waals surface area contributed by atoms with Crippen LogP contribution >= 0.6 is 0 Å². The van der Waals surface area contributed by atoms with Crippen molar-refractivity contribution in [3.63, 3.8) is 0 Å². The Kier molecular flexibility index (Phi) is 7.37. The van der Waals surface area contributed by atoms with E-state index in [0.717, 1.165) is 16.9 Å². The number of nitrogens with one attached hydrogen (secondary N) is 2. The largest absolute Gasteiger partial charge is 0.493 e. The normalized spacial score (nSPS) is 10.2. The summed E-state index contributed by atoms with van der Waals surface area (Å²) in [6.45, 7) is 6.82. The summed E-state index contributed by atoms with van der Waals surface area (Å²) in [6, 6.07) is 7.08. The van der Waals surface area contributed by atoms with Crippen LogP contribution < -0.4 is 29.6 Å². The first-order chi connectivity index (χ1) is 13.4. The van der Waals surface area contributed by atoms with Crippen LogP contribution in [0, 0.1) is 20.8 Å². The maximum atomic E-state index is 12.2. The van der Waals surface area contributed by atoms with Gasteiger partial charge in [0, 0.05) is 12.1 Å². The molecular formula is C21H28N2O5. The molecule has 7 heteroatoms. The predicted octanol–water partition coefficient (Wildman–Crippen LogP) is 3.84. The van der Waals surface area contributed by atoms with Gasteiger partial charge in [-0.2, -0.15) is 0 Å². The van der Waals surface area contributed by atoms with Crippen molar-refractivity contribution in [3.8, 4) is 23.0 Å². The van der Waals surface area contributed by atoms with Crippen LogP contribution in [0.25, 0.3) is 0 Å². The van der Waals surface area contributed by atoms with Gasteiger partial charge in [-0.3, -0.25) is 0 Å². The zero-order chi connectivity index (χ0) is 20.7. The van der Waals surface area contributed by atoms with E-state index in [2.05, 4.69) is 16.7 Å². The van der Waals surface area contributed by atoms with Crippen LogP contribution in [0.1, 0.15) is 16.7 Å². The zero-order valence-corrected chi connectivity index (χ0v) is 17.3. The molecule has 0 bridgehead atoms. The van der Waals surface area contributed by atoms with Crippen molar-refractivity contribution >= 4 is 11.7 Å². The molecule has 2 N–H and O–H groups in total. The van der Waals surface area contributed by atoms with E-state index in [1.54, 1.807) is 12.1 Å². The molecule has 0 atom stereocenters. The van der Waals surface area contributed by atoms with Crippen LogP contribution in [0.15, 0.2) is 24.3 Å². The molecule has 0 saturated heterocycles. The molecule has 0 aliphatic heterocycles. The van der Waals surface area contributed by atoms with Gasteiger partial charge in [0.25, 0.3) is 0 Å². The second-order valence-corrected chi connectivity index (χ2v) is 6.30. The lowest BCUT2D eigenvalue weighted by atomic mass is 10.1. The Hall–Kier alpha value is -3.09. The number of hydrogen-bond donors (Lipinski definition) is 2. The topological polar surface area (TPSA) is 78.1 Å². The van der Waals surface area contributed by atoms with Gasteiger partial charge in [0.15, 0.2) is 11.5 Å². The second kappa shape index (κ2) is 9.73. The van der Waals surface area contributed by atoms with E-state index in [1.165, 1.54) is 26.9 Å². The highest BCUT2D eigenvalue weighted by Gasteiger charge is 2.14. The average molecular weight is 388 g/mol. The lowest BCUT2D eigenvalue weighted by molar-refractivity contribution is 0.247. The Bertz CT molecular complexity index is 811. The maximum Gasteiger partial charge on any atom is 0.319 e. The number of aryl methyl sites for hydroxylation is 2. The van der Waals surface area contributed by atoms with E-state index in [4.69, 9.17) is 18.9 Å². The minimum atomic E-state index is -0.351. The minimum absolute atomic E-state index is 0.351. The quantitative estimate of drug-likeness (QED) is 0.672. The van der Waals surface area contributed by atoms with E-state index >= 15 is 0 Å². The number of carbonyl (C=O) groups excluding carboxylic acids is 1.